The predicted molar refractivity (Wildman–Crippen MR) is 170 cm³/mol. The van der Waals surface area contributed by atoms with Crippen LogP contribution in [-0.2, 0) is 13.0 Å². The number of halogens is 2. The van der Waals surface area contributed by atoms with Gasteiger partial charge in [-0.25, -0.2) is 9.18 Å². The van der Waals surface area contributed by atoms with E-state index in [0.29, 0.717) is 41.1 Å². The fraction of sp³-hybridized carbons (Fsp3) is 0.367. The zero-order valence-corrected chi connectivity index (χ0v) is 25.0. The highest BCUT2D eigenvalue weighted by molar-refractivity contribution is 6.31. The van der Waals surface area contributed by atoms with Crippen LogP contribution < -0.4 is 33.1 Å². The van der Waals surface area contributed by atoms with Gasteiger partial charge in [-0.2, -0.15) is 4.98 Å². The number of benzene rings is 2. The number of guanidine groups is 1. The Hall–Kier alpha value is -3.93. The number of aliphatic imine (C=N–C) groups is 1. The van der Waals surface area contributed by atoms with E-state index in [0.717, 1.165) is 49.0 Å². The van der Waals surface area contributed by atoms with Crippen molar-refractivity contribution < 1.29 is 4.39 Å². The number of nitrogens with zero attached hydrogens (tertiary/aromatic N) is 4. The van der Waals surface area contributed by atoms with Gasteiger partial charge in [-0.15, -0.1) is 0 Å². The molecule has 0 radical (unpaired) electrons. The molecule has 0 spiro atoms. The Morgan fingerprint density at radius 1 is 1.21 bits per heavy atom. The predicted octanol–water partition coefficient (Wildman–Crippen LogP) is 3.66. The molecule has 2 heterocycles. The minimum absolute atomic E-state index is 0.0500. The molecule has 4 aromatic rings. The number of aromatic amines is 1. The number of anilines is 1. The summed E-state index contributed by atoms with van der Waals surface area (Å²) >= 11 is 6.25. The van der Waals surface area contributed by atoms with E-state index in [1.165, 1.54) is 4.57 Å². The van der Waals surface area contributed by atoms with Gasteiger partial charge in [0.2, 0.25) is 0 Å². The Kier molecular flexibility index (Phi) is 10.2. The van der Waals surface area contributed by atoms with E-state index in [9.17, 15) is 4.79 Å². The van der Waals surface area contributed by atoms with Crippen molar-refractivity contribution >= 4 is 34.3 Å². The standard InChI is InChI=1S/C30H39ClFN9O/c1-18(33)6-4-7-19-12-23(27(32)24(31)13-19)25-14-21-17-41(30(42)39-28(21)38-25)22-9-8-20(26(15-22)40(2)3)16-36-10-5-11-37-29(34)35/h8-9,12-15,17-18,36H,4-7,10-11,16,33H2,1-3H3,(H4,34,35,37)(H,38,39,42). The number of aryl methyl sites for hydroxylation is 1. The molecule has 1 atom stereocenters. The van der Waals surface area contributed by atoms with Crippen LogP contribution in [0.5, 0.6) is 0 Å². The molecule has 8 N–H and O–H groups in total. The average Bonchev–Trinajstić information content (AvgIpc) is 3.34. The van der Waals surface area contributed by atoms with Gasteiger partial charge in [-0.05, 0) is 80.6 Å². The van der Waals surface area contributed by atoms with Gasteiger partial charge in [0.05, 0.1) is 16.4 Å². The molecular formula is C30H39ClFN9O. The number of rotatable bonds is 13. The molecule has 224 valence electrons. The summed E-state index contributed by atoms with van der Waals surface area (Å²) < 4.78 is 16.6. The molecule has 0 fully saturated rings. The summed E-state index contributed by atoms with van der Waals surface area (Å²) in [5, 5.41) is 4.12. The largest absolute Gasteiger partial charge is 0.377 e. The molecule has 0 bridgehead atoms. The Labute approximate surface area is 249 Å². The first-order chi connectivity index (χ1) is 20.0. The van der Waals surface area contributed by atoms with E-state index in [1.807, 2.05) is 44.1 Å². The van der Waals surface area contributed by atoms with E-state index in [-0.39, 0.29) is 17.0 Å². The van der Waals surface area contributed by atoms with Gasteiger partial charge in [0, 0.05) is 56.1 Å². The SMILES string of the molecule is CC(N)CCCc1cc(Cl)c(F)c(-c2cc3cn(-c4ccc(CNCCCN=C(N)N)c(N(C)C)c4)c(=O)nc3[nH]2)c1. The lowest BCUT2D eigenvalue weighted by Crippen LogP contribution is -2.24. The maximum atomic E-state index is 15.1. The van der Waals surface area contributed by atoms with Crippen molar-refractivity contribution in [3.8, 4) is 16.9 Å². The van der Waals surface area contributed by atoms with Crippen molar-refractivity contribution in [2.45, 2.75) is 45.2 Å². The summed E-state index contributed by atoms with van der Waals surface area (Å²) in [5.74, 6) is -0.431. The van der Waals surface area contributed by atoms with Crippen LogP contribution in [-0.4, -0.2) is 53.7 Å². The summed E-state index contributed by atoms with van der Waals surface area (Å²) in [6, 6.07) is 11.1. The summed E-state index contributed by atoms with van der Waals surface area (Å²) in [6.07, 6.45) is 4.99. The summed E-state index contributed by atoms with van der Waals surface area (Å²) in [5.41, 5.74) is 21.0. The van der Waals surface area contributed by atoms with E-state index in [4.69, 9.17) is 28.8 Å². The van der Waals surface area contributed by atoms with Crippen LogP contribution in [0.2, 0.25) is 5.02 Å². The number of aromatic nitrogens is 3. The minimum Gasteiger partial charge on any atom is -0.377 e. The van der Waals surface area contributed by atoms with Gasteiger partial charge in [0.1, 0.15) is 5.65 Å². The van der Waals surface area contributed by atoms with Crippen LogP contribution in [0.1, 0.15) is 37.3 Å². The van der Waals surface area contributed by atoms with E-state index in [1.54, 1.807) is 24.4 Å². The van der Waals surface area contributed by atoms with Gasteiger partial charge >= 0.3 is 5.69 Å². The molecule has 0 aliphatic rings. The average molecular weight is 596 g/mol. The zero-order chi connectivity index (χ0) is 30.4. The minimum atomic E-state index is -0.523. The molecule has 12 heteroatoms. The molecule has 1 unspecified atom stereocenters. The lowest BCUT2D eigenvalue weighted by atomic mass is 10.0. The first-order valence-corrected chi connectivity index (χ1v) is 14.3. The molecule has 2 aromatic heterocycles. The number of nitrogens with two attached hydrogens (primary N) is 3. The van der Waals surface area contributed by atoms with Gasteiger partial charge in [-0.1, -0.05) is 17.7 Å². The molecule has 0 aliphatic heterocycles. The fourth-order valence-electron chi connectivity index (χ4n) is 4.84. The quantitative estimate of drug-likeness (QED) is 0.0897. The fourth-order valence-corrected chi connectivity index (χ4v) is 5.08. The third-order valence-electron chi connectivity index (χ3n) is 6.96. The molecule has 0 saturated heterocycles. The van der Waals surface area contributed by atoms with Crippen molar-refractivity contribution in [1.82, 2.24) is 19.9 Å². The van der Waals surface area contributed by atoms with Crippen LogP contribution >= 0.6 is 11.6 Å². The summed E-state index contributed by atoms with van der Waals surface area (Å²) in [6.45, 7) is 3.92. The van der Waals surface area contributed by atoms with Crippen molar-refractivity contribution in [1.29, 1.82) is 0 Å². The highest BCUT2D eigenvalue weighted by Gasteiger charge is 2.16. The van der Waals surface area contributed by atoms with Gasteiger partial charge < -0.3 is 32.4 Å². The van der Waals surface area contributed by atoms with Crippen LogP contribution in [0.4, 0.5) is 10.1 Å². The molecule has 0 amide bonds. The van der Waals surface area contributed by atoms with Gasteiger partial charge in [-0.3, -0.25) is 9.56 Å². The Balaban J connectivity index is 1.60. The normalized spacial score (nSPS) is 12.0. The Morgan fingerprint density at radius 2 is 2.00 bits per heavy atom. The molecule has 4 rings (SSSR count). The zero-order valence-electron chi connectivity index (χ0n) is 24.3. The highest BCUT2D eigenvalue weighted by atomic mass is 35.5. The van der Waals surface area contributed by atoms with E-state index < -0.39 is 11.5 Å². The monoisotopic (exact) mass is 595 g/mol. The summed E-state index contributed by atoms with van der Waals surface area (Å²) in [7, 11) is 3.91. The third-order valence-corrected chi connectivity index (χ3v) is 7.24. The second-order valence-electron chi connectivity index (χ2n) is 10.7. The molecule has 42 heavy (non-hydrogen) atoms. The Bertz CT molecular complexity index is 1620. The van der Waals surface area contributed by atoms with Crippen LogP contribution in [0.3, 0.4) is 0 Å². The second kappa shape index (κ2) is 13.8. The number of nitrogens with one attached hydrogen (secondary N) is 2. The van der Waals surface area contributed by atoms with Gasteiger partial charge in [0.15, 0.2) is 11.8 Å². The van der Waals surface area contributed by atoms with Gasteiger partial charge in [0.25, 0.3) is 0 Å². The summed E-state index contributed by atoms with van der Waals surface area (Å²) in [4.78, 5) is 26.4. The first kappa shape index (κ1) is 31.0. The lowest BCUT2D eigenvalue weighted by molar-refractivity contribution is 0.618. The van der Waals surface area contributed by atoms with Crippen LogP contribution in [0.25, 0.3) is 28.0 Å². The topological polar surface area (TPSA) is 156 Å². The molecule has 2 aromatic carbocycles. The number of hydrogen-bond donors (Lipinski definition) is 5. The van der Waals surface area contributed by atoms with Crippen LogP contribution in [0.15, 0.2) is 52.4 Å². The number of fused-ring (bicyclic) bond motifs is 1. The van der Waals surface area contributed by atoms with Crippen molar-refractivity contribution in [2.24, 2.45) is 22.2 Å². The van der Waals surface area contributed by atoms with Crippen molar-refractivity contribution in [3.05, 3.63) is 75.0 Å². The van der Waals surface area contributed by atoms with Crippen molar-refractivity contribution in [2.75, 3.05) is 32.1 Å². The lowest BCUT2D eigenvalue weighted by Gasteiger charge is -2.19. The maximum absolute atomic E-state index is 15.1. The van der Waals surface area contributed by atoms with Crippen LogP contribution in [0, 0.1) is 5.82 Å². The first-order valence-electron chi connectivity index (χ1n) is 14.0. The van der Waals surface area contributed by atoms with E-state index >= 15 is 4.39 Å². The molecule has 0 aliphatic carbocycles. The maximum Gasteiger partial charge on any atom is 0.354 e. The van der Waals surface area contributed by atoms with E-state index in [2.05, 4.69) is 20.3 Å². The molecular weight excluding hydrogens is 557 g/mol. The third kappa shape index (κ3) is 7.67. The number of H-pyrrole nitrogens is 1. The smallest absolute Gasteiger partial charge is 0.354 e. The number of hydrogen-bond acceptors (Lipinski definition) is 6. The molecule has 10 nitrogen and oxygen atoms in total. The molecule has 0 saturated carbocycles. The van der Waals surface area contributed by atoms with Crippen molar-refractivity contribution in [3.63, 3.8) is 0 Å². The second-order valence-corrected chi connectivity index (χ2v) is 11.1. The Morgan fingerprint density at radius 3 is 2.71 bits per heavy atom. The highest BCUT2D eigenvalue weighted by Crippen LogP contribution is 2.31.